The van der Waals surface area contributed by atoms with Crippen LogP contribution in [0.2, 0.25) is 0 Å². The van der Waals surface area contributed by atoms with Crippen LogP contribution in [0.25, 0.3) is 0 Å². The summed E-state index contributed by atoms with van der Waals surface area (Å²) in [6, 6.07) is 0. The predicted octanol–water partition coefficient (Wildman–Crippen LogP) is 3.02. The van der Waals surface area contributed by atoms with Gasteiger partial charge in [0, 0.05) is 11.1 Å². The van der Waals surface area contributed by atoms with E-state index >= 15 is 0 Å². The Bertz CT molecular complexity index is 264. The first-order valence-corrected chi connectivity index (χ1v) is 6.91. The Morgan fingerprint density at radius 2 is 2.29 bits per heavy atom. The smallest absolute Gasteiger partial charge is 0.208 e. The van der Waals surface area contributed by atoms with Gasteiger partial charge in [-0.05, 0) is 25.7 Å². The van der Waals surface area contributed by atoms with Crippen LogP contribution in [0.3, 0.4) is 0 Å². The second kappa shape index (κ2) is 6.45. The minimum Gasteiger partial charge on any atom is -0.262 e. The van der Waals surface area contributed by atoms with E-state index in [1.54, 1.807) is 11.8 Å². The van der Waals surface area contributed by atoms with E-state index in [1.807, 2.05) is 6.92 Å². The second-order valence-electron chi connectivity index (χ2n) is 3.42. The van der Waals surface area contributed by atoms with Gasteiger partial charge in [-0.3, -0.25) is 5.10 Å². The molecule has 1 aromatic rings. The number of aromatic nitrogens is 3. The minimum atomic E-state index is 0.780. The molecule has 1 heterocycles. The highest BCUT2D eigenvalue weighted by Crippen LogP contribution is 2.18. The molecule has 0 spiro atoms. The average Bonchev–Trinajstić information content (AvgIpc) is 2.52. The summed E-state index contributed by atoms with van der Waals surface area (Å²) in [5, 5.41) is 8.88. The van der Waals surface area contributed by atoms with Crippen molar-refractivity contribution in [2.24, 2.45) is 5.92 Å². The molecule has 0 saturated heterocycles. The zero-order valence-corrected chi connectivity index (χ0v) is 11.0. The molecular weight excluding hydrogens is 262 g/mol. The van der Waals surface area contributed by atoms with Crippen molar-refractivity contribution in [2.75, 3.05) is 11.1 Å². The number of nitrogens with one attached hydrogen (secondary N) is 1. The fourth-order valence-corrected chi connectivity index (χ4v) is 2.86. The van der Waals surface area contributed by atoms with E-state index in [0.29, 0.717) is 0 Å². The van der Waals surface area contributed by atoms with E-state index < -0.39 is 0 Å². The number of halogens is 1. The van der Waals surface area contributed by atoms with Crippen LogP contribution in [0.15, 0.2) is 5.16 Å². The fourth-order valence-electron chi connectivity index (χ4n) is 1.07. The highest BCUT2D eigenvalue weighted by Gasteiger charge is 2.04. The van der Waals surface area contributed by atoms with Crippen LogP contribution in [-0.4, -0.2) is 26.3 Å². The molecule has 3 nitrogen and oxygen atoms in total. The summed E-state index contributed by atoms with van der Waals surface area (Å²) >= 11 is 5.18. The molecule has 14 heavy (non-hydrogen) atoms. The monoisotopic (exact) mass is 277 g/mol. The molecule has 0 aliphatic carbocycles. The Morgan fingerprint density at radius 3 is 2.86 bits per heavy atom. The molecule has 1 N–H and O–H groups in total. The Morgan fingerprint density at radius 1 is 1.50 bits per heavy atom. The van der Waals surface area contributed by atoms with Crippen molar-refractivity contribution < 1.29 is 0 Å². The maximum absolute atomic E-state index is 4.24. The summed E-state index contributed by atoms with van der Waals surface area (Å²) in [4.78, 5) is 4.24. The molecule has 0 radical (unpaired) electrons. The van der Waals surface area contributed by atoms with Gasteiger partial charge in [-0.1, -0.05) is 34.6 Å². The van der Waals surface area contributed by atoms with Crippen molar-refractivity contribution in [1.82, 2.24) is 15.2 Å². The van der Waals surface area contributed by atoms with E-state index in [-0.39, 0.29) is 0 Å². The Balaban J connectivity index is 2.15. The van der Waals surface area contributed by atoms with Crippen LogP contribution >= 0.6 is 27.7 Å². The molecule has 0 aromatic carbocycles. The molecule has 1 atom stereocenters. The van der Waals surface area contributed by atoms with Crippen molar-refractivity contribution in [1.29, 1.82) is 0 Å². The van der Waals surface area contributed by atoms with Gasteiger partial charge in [0.25, 0.3) is 0 Å². The normalized spacial score (nSPS) is 13.1. The fraction of sp³-hybridized carbons (Fsp3) is 0.778. The number of hydrogen-bond acceptors (Lipinski definition) is 3. The predicted molar refractivity (Wildman–Crippen MR) is 64.0 cm³/mol. The first-order chi connectivity index (χ1) is 6.72. The van der Waals surface area contributed by atoms with Crippen LogP contribution < -0.4 is 0 Å². The third kappa shape index (κ3) is 4.46. The number of nitrogens with zero attached hydrogens (tertiary/aromatic N) is 2. The van der Waals surface area contributed by atoms with E-state index in [0.717, 1.165) is 28.0 Å². The number of alkyl halides is 1. The first-order valence-electron chi connectivity index (χ1n) is 4.80. The van der Waals surface area contributed by atoms with Crippen LogP contribution in [0.4, 0.5) is 0 Å². The Kier molecular flexibility index (Phi) is 5.55. The van der Waals surface area contributed by atoms with Gasteiger partial charge in [-0.2, -0.15) is 0 Å². The van der Waals surface area contributed by atoms with Crippen molar-refractivity contribution in [2.45, 2.75) is 31.8 Å². The molecule has 0 aliphatic heterocycles. The summed E-state index contributed by atoms with van der Waals surface area (Å²) in [6.45, 7) is 4.20. The molecule has 1 aromatic heterocycles. The van der Waals surface area contributed by atoms with E-state index in [1.165, 1.54) is 12.8 Å². The largest absolute Gasteiger partial charge is 0.262 e. The molecule has 0 aliphatic rings. The second-order valence-corrected chi connectivity index (χ2v) is 5.28. The number of H-pyrrole nitrogens is 1. The highest BCUT2D eigenvalue weighted by atomic mass is 79.9. The SMILES string of the molecule is Cc1nc(SCCC(C)CCBr)n[nH]1. The van der Waals surface area contributed by atoms with Gasteiger partial charge >= 0.3 is 0 Å². The van der Waals surface area contributed by atoms with Gasteiger partial charge in [0.1, 0.15) is 5.82 Å². The molecular formula is C9H16BrN3S. The van der Waals surface area contributed by atoms with Crippen LogP contribution in [0.1, 0.15) is 25.6 Å². The molecule has 0 bridgehead atoms. The molecule has 1 unspecified atom stereocenters. The average molecular weight is 278 g/mol. The van der Waals surface area contributed by atoms with Crippen molar-refractivity contribution in [3.05, 3.63) is 5.82 Å². The van der Waals surface area contributed by atoms with E-state index in [2.05, 4.69) is 38.0 Å². The Labute approximate surface area is 97.6 Å². The summed E-state index contributed by atoms with van der Waals surface area (Å²) in [5.74, 6) is 2.77. The van der Waals surface area contributed by atoms with Gasteiger partial charge in [0.2, 0.25) is 5.16 Å². The van der Waals surface area contributed by atoms with Gasteiger partial charge in [0.05, 0.1) is 0 Å². The highest BCUT2D eigenvalue weighted by molar-refractivity contribution is 9.09. The van der Waals surface area contributed by atoms with Crippen LogP contribution in [0, 0.1) is 12.8 Å². The number of thioether (sulfide) groups is 1. The van der Waals surface area contributed by atoms with Crippen molar-refractivity contribution >= 4 is 27.7 Å². The van der Waals surface area contributed by atoms with E-state index in [4.69, 9.17) is 0 Å². The number of hydrogen-bond donors (Lipinski definition) is 1. The molecule has 0 fully saturated rings. The maximum Gasteiger partial charge on any atom is 0.208 e. The zero-order chi connectivity index (χ0) is 10.4. The lowest BCUT2D eigenvalue weighted by Crippen LogP contribution is -1.97. The quantitative estimate of drug-likeness (QED) is 0.642. The lowest BCUT2D eigenvalue weighted by Gasteiger charge is -2.06. The van der Waals surface area contributed by atoms with Crippen molar-refractivity contribution in [3.8, 4) is 0 Å². The Hall–Kier alpha value is -0.0300. The van der Waals surface area contributed by atoms with Gasteiger partial charge in [-0.15, -0.1) is 5.10 Å². The van der Waals surface area contributed by atoms with Crippen LogP contribution in [0.5, 0.6) is 0 Å². The van der Waals surface area contributed by atoms with Crippen LogP contribution in [-0.2, 0) is 0 Å². The lowest BCUT2D eigenvalue weighted by molar-refractivity contribution is 0.555. The van der Waals surface area contributed by atoms with Crippen molar-refractivity contribution in [3.63, 3.8) is 0 Å². The topological polar surface area (TPSA) is 41.6 Å². The number of aryl methyl sites for hydroxylation is 1. The van der Waals surface area contributed by atoms with Gasteiger partial charge in [-0.25, -0.2) is 4.98 Å². The molecule has 80 valence electrons. The lowest BCUT2D eigenvalue weighted by atomic mass is 10.1. The first kappa shape index (κ1) is 12.0. The molecule has 0 saturated carbocycles. The minimum absolute atomic E-state index is 0.780. The summed E-state index contributed by atoms with van der Waals surface area (Å²) in [7, 11) is 0. The molecule has 1 rings (SSSR count). The number of rotatable bonds is 6. The number of aromatic amines is 1. The standard InChI is InChI=1S/C9H16BrN3S/c1-7(3-5-10)4-6-14-9-11-8(2)12-13-9/h7H,3-6H2,1-2H3,(H,11,12,13). The maximum atomic E-state index is 4.24. The molecule has 5 heteroatoms. The third-order valence-electron chi connectivity index (χ3n) is 2.02. The summed E-state index contributed by atoms with van der Waals surface area (Å²) in [6.07, 6.45) is 2.47. The molecule has 0 amide bonds. The summed E-state index contributed by atoms with van der Waals surface area (Å²) in [5.41, 5.74) is 0. The van der Waals surface area contributed by atoms with E-state index in [9.17, 15) is 0 Å². The van der Waals surface area contributed by atoms with Gasteiger partial charge < -0.3 is 0 Å². The zero-order valence-electron chi connectivity index (χ0n) is 8.59. The summed E-state index contributed by atoms with van der Waals surface area (Å²) < 4.78 is 0. The van der Waals surface area contributed by atoms with Gasteiger partial charge in [0.15, 0.2) is 0 Å². The third-order valence-corrected chi connectivity index (χ3v) is 3.36.